The maximum absolute atomic E-state index is 13.3. The summed E-state index contributed by atoms with van der Waals surface area (Å²) in [6.07, 6.45) is 11.9. The molecule has 0 aromatic carbocycles. The van der Waals surface area contributed by atoms with Gasteiger partial charge in [-0.1, -0.05) is 38.4 Å². The van der Waals surface area contributed by atoms with Crippen molar-refractivity contribution in [2.24, 2.45) is 45.6 Å². The van der Waals surface area contributed by atoms with Crippen LogP contribution in [0.1, 0.15) is 98.8 Å². The predicted octanol–water partition coefficient (Wildman–Crippen LogP) is 5.81. The Labute approximate surface area is 253 Å². The fourth-order valence-electron chi connectivity index (χ4n) is 9.88. The predicted molar refractivity (Wildman–Crippen MR) is 165 cm³/mol. The first-order chi connectivity index (χ1) is 19.8. The number of likely N-dealkylation sites (N-methyl/N-ethyl adjacent to an activating group) is 1. The number of nitrogens with one attached hydrogen (secondary N) is 1. The Hall–Kier alpha value is -2.22. The number of hydrogen-bond acceptors (Lipinski definition) is 6. The molecule has 0 radical (unpaired) electrons. The van der Waals surface area contributed by atoms with E-state index in [1.54, 1.807) is 23.9 Å². The molecule has 4 fully saturated rings. The lowest BCUT2D eigenvalue weighted by Crippen LogP contribution is -2.51. The molecule has 8 nitrogen and oxygen atoms in total. The van der Waals surface area contributed by atoms with Crippen molar-refractivity contribution in [1.82, 2.24) is 15.1 Å². The lowest BCUT2D eigenvalue weighted by atomic mass is 9.46. The minimum atomic E-state index is -0.401. The largest absolute Gasteiger partial charge is 0.436 e. The minimum absolute atomic E-state index is 0.0648. The number of hydrogen-bond donors (Lipinski definition) is 1. The molecule has 0 bridgehead atoms. The van der Waals surface area contributed by atoms with Gasteiger partial charge >= 0.3 is 6.09 Å². The second-order valence-electron chi connectivity index (χ2n) is 15.3. The molecule has 3 saturated carbocycles. The number of rotatable bonds is 7. The van der Waals surface area contributed by atoms with E-state index in [1.165, 1.54) is 31.3 Å². The molecular formula is C34H54N4O4. The van der Waals surface area contributed by atoms with Gasteiger partial charge in [-0.25, -0.2) is 4.79 Å². The number of amides is 2. The van der Waals surface area contributed by atoms with E-state index in [0.717, 1.165) is 37.8 Å². The van der Waals surface area contributed by atoms with Crippen molar-refractivity contribution in [3.63, 3.8) is 0 Å². The van der Waals surface area contributed by atoms with Crippen molar-refractivity contribution >= 4 is 23.5 Å². The van der Waals surface area contributed by atoms with E-state index < -0.39 is 6.09 Å². The number of allylic oxidation sites excluding steroid dienone is 1. The second-order valence-corrected chi connectivity index (χ2v) is 15.3. The van der Waals surface area contributed by atoms with E-state index in [4.69, 9.17) is 4.84 Å². The average Bonchev–Trinajstić information content (AvgIpc) is 3.55. The van der Waals surface area contributed by atoms with Crippen LogP contribution in [-0.4, -0.2) is 72.6 Å². The zero-order valence-electron chi connectivity index (χ0n) is 27.1. The number of ketones is 1. The molecule has 2 amide bonds. The first kappa shape index (κ1) is 31.2. The lowest BCUT2D eigenvalue weighted by molar-refractivity contribution is -0.130. The third-order valence-corrected chi connectivity index (χ3v) is 12.0. The normalized spacial score (nSPS) is 38.0. The van der Waals surface area contributed by atoms with Crippen LogP contribution in [-0.2, 0) is 14.4 Å². The molecule has 4 aliphatic carbocycles. The van der Waals surface area contributed by atoms with Crippen molar-refractivity contribution < 1.29 is 19.2 Å². The van der Waals surface area contributed by atoms with Crippen molar-refractivity contribution in [2.45, 2.75) is 111 Å². The topological polar surface area (TPSA) is 91.3 Å². The maximum atomic E-state index is 13.3. The number of oxime groups is 1. The highest BCUT2D eigenvalue weighted by atomic mass is 16.7. The van der Waals surface area contributed by atoms with Gasteiger partial charge in [-0.3, -0.25) is 14.4 Å². The van der Waals surface area contributed by atoms with Crippen molar-refractivity contribution in [2.75, 3.05) is 27.2 Å². The molecule has 1 saturated heterocycles. The Morgan fingerprint density at radius 1 is 1.05 bits per heavy atom. The Morgan fingerprint density at radius 2 is 1.81 bits per heavy atom. The molecule has 2 unspecified atom stereocenters. The number of carbonyl (C=O) groups is 3. The van der Waals surface area contributed by atoms with Crippen LogP contribution in [0.3, 0.4) is 0 Å². The summed E-state index contributed by atoms with van der Waals surface area (Å²) in [6.45, 7) is 12.2. The quantitative estimate of drug-likeness (QED) is 0.232. The second kappa shape index (κ2) is 12.0. The molecular weight excluding hydrogens is 528 g/mol. The molecule has 0 aromatic heterocycles. The summed E-state index contributed by atoms with van der Waals surface area (Å²) in [5.74, 6) is 3.04. The molecule has 8 heteroatoms. The van der Waals surface area contributed by atoms with Gasteiger partial charge in [-0.2, -0.15) is 0 Å². The van der Waals surface area contributed by atoms with Crippen molar-refractivity contribution in [3.05, 3.63) is 11.6 Å². The summed E-state index contributed by atoms with van der Waals surface area (Å²) in [5.41, 5.74) is 2.71. The zero-order chi connectivity index (χ0) is 30.4. The molecule has 5 rings (SSSR count). The Kier molecular flexibility index (Phi) is 8.95. The highest BCUT2D eigenvalue weighted by Crippen LogP contribution is 2.66. The SMILES string of the molecule is C/C(=N\OC(=O)N(CC(C)C)CC1CCC(C(=O)N(C)C)N1)[C@H]1CC[C@H]2[C@@H]3CCC4=CC(=O)CC[C@]4(C)[C@H]3CC[C@]12C. The first-order valence-electron chi connectivity index (χ1n) is 16.5. The summed E-state index contributed by atoms with van der Waals surface area (Å²) in [4.78, 5) is 46.9. The van der Waals surface area contributed by atoms with Gasteiger partial charge in [0.05, 0.1) is 11.8 Å². The molecule has 0 spiro atoms. The van der Waals surface area contributed by atoms with Crippen LogP contribution < -0.4 is 5.32 Å². The van der Waals surface area contributed by atoms with Crippen molar-refractivity contribution in [3.8, 4) is 0 Å². The Bertz CT molecular complexity index is 1130. The highest BCUT2D eigenvalue weighted by Gasteiger charge is 2.59. The summed E-state index contributed by atoms with van der Waals surface area (Å²) in [6, 6.07) is -0.127. The smallest absolute Gasteiger partial charge is 0.347 e. The van der Waals surface area contributed by atoms with Gasteiger partial charge in [0.1, 0.15) is 0 Å². The average molecular weight is 583 g/mol. The van der Waals surface area contributed by atoms with Crippen LogP contribution in [0.4, 0.5) is 4.79 Å². The van der Waals surface area contributed by atoms with Gasteiger partial charge in [0.15, 0.2) is 5.78 Å². The van der Waals surface area contributed by atoms with E-state index in [2.05, 4.69) is 45.1 Å². The lowest BCUT2D eigenvalue weighted by Gasteiger charge is -2.58. The molecule has 234 valence electrons. The van der Waals surface area contributed by atoms with Gasteiger partial charge in [0.25, 0.3) is 0 Å². The van der Waals surface area contributed by atoms with E-state index in [0.29, 0.717) is 54.9 Å². The number of carbonyl (C=O) groups excluding carboxylic acids is 3. The van der Waals surface area contributed by atoms with Crippen LogP contribution in [0.15, 0.2) is 16.8 Å². The molecule has 5 aliphatic rings. The van der Waals surface area contributed by atoms with Gasteiger partial charge in [0, 0.05) is 45.6 Å². The third-order valence-electron chi connectivity index (χ3n) is 12.0. The summed E-state index contributed by atoms with van der Waals surface area (Å²) >= 11 is 0. The fourth-order valence-corrected chi connectivity index (χ4v) is 9.88. The third kappa shape index (κ3) is 5.81. The minimum Gasteiger partial charge on any atom is -0.347 e. The van der Waals surface area contributed by atoms with Crippen LogP contribution in [0.5, 0.6) is 0 Å². The Morgan fingerprint density at radius 3 is 2.52 bits per heavy atom. The van der Waals surface area contributed by atoms with Crippen LogP contribution in [0.2, 0.25) is 0 Å². The Balaban J connectivity index is 1.23. The molecule has 8 atom stereocenters. The maximum Gasteiger partial charge on any atom is 0.436 e. The summed E-state index contributed by atoms with van der Waals surface area (Å²) in [5, 5.41) is 7.93. The summed E-state index contributed by atoms with van der Waals surface area (Å²) in [7, 11) is 3.56. The van der Waals surface area contributed by atoms with Gasteiger partial charge in [-0.15, -0.1) is 0 Å². The van der Waals surface area contributed by atoms with E-state index >= 15 is 0 Å². The highest BCUT2D eigenvalue weighted by molar-refractivity contribution is 5.91. The van der Waals surface area contributed by atoms with Crippen LogP contribution in [0, 0.1) is 40.4 Å². The first-order valence-corrected chi connectivity index (χ1v) is 16.5. The fraction of sp³-hybridized carbons (Fsp3) is 0.824. The van der Waals surface area contributed by atoms with Gasteiger partial charge in [-0.05, 0) is 105 Å². The monoisotopic (exact) mass is 582 g/mol. The van der Waals surface area contributed by atoms with Crippen LogP contribution in [0.25, 0.3) is 0 Å². The number of fused-ring (bicyclic) bond motifs is 5. The molecule has 42 heavy (non-hydrogen) atoms. The van der Waals surface area contributed by atoms with Gasteiger partial charge < -0.3 is 15.1 Å². The standard InChI is InChI=1S/C34H54N4O4/c1-21(2)19-38(20-24-9-13-30(35-24)31(40)37(6)7)32(41)42-36-22(3)27-11-12-28-26-10-8-23-18-25(39)14-16-33(23,4)29(26)15-17-34(27,28)5/h18,21,24,26-30,35H,8-17,19-20H2,1-7H3/b36-22+/t24?,26-,27+,28-,29-,30?,33-,34+/m0/s1. The van der Waals surface area contributed by atoms with Crippen LogP contribution >= 0.6 is 0 Å². The van der Waals surface area contributed by atoms with E-state index in [1.807, 2.05) is 6.08 Å². The number of nitrogens with zero attached hydrogens (tertiary/aromatic N) is 3. The zero-order valence-corrected chi connectivity index (χ0v) is 27.1. The summed E-state index contributed by atoms with van der Waals surface area (Å²) < 4.78 is 0. The molecule has 0 aromatic rings. The van der Waals surface area contributed by atoms with Crippen molar-refractivity contribution in [1.29, 1.82) is 0 Å². The van der Waals surface area contributed by atoms with Gasteiger partial charge in [0.2, 0.25) is 5.91 Å². The van der Waals surface area contributed by atoms with E-state index in [9.17, 15) is 14.4 Å². The molecule has 1 heterocycles. The molecule has 1 aliphatic heterocycles. The van der Waals surface area contributed by atoms with E-state index in [-0.39, 0.29) is 28.8 Å². The molecule has 1 N–H and O–H groups in total.